The molecule has 0 fully saturated rings. The fraction of sp³-hybridized carbons (Fsp3) is 0. The maximum Gasteiger partial charge on any atom is 3.00 e. The van der Waals surface area contributed by atoms with Crippen LogP contribution in [0, 0.1) is 0 Å². The summed E-state index contributed by atoms with van der Waals surface area (Å²) in [5.41, 5.74) is 0. The Balaban J connectivity index is 0. The molecule has 0 nitrogen and oxygen atoms in total. The van der Waals surface area contributed by atoms with Crippen LogP contribution in [0.4, 0.5) is 0 Å². The van der Waals surface area contributed by atoms with Crippen molar-refractivity contribution >= 4 is 327 Å². The Hall–Kier alpha value is 11.6. The molecule has 0 aliphatic heterocycles. The molecule has 0 heterocycles. The summed E-state index contributed by atoms with van der Waals surface area (Å²) in [5.74, 6) is 0. The third kappa shape index (κ3) is 205. The van der Waals surface area contributed by atoms with Gasteiger partial charge < -0.3 is 191 Å². The first-order valence-electron chi connectivity index (χ1n) is 0. The van der Waals surface area contributed by atoms with E-state index in [2.05, 4.69) is 0 Å². The molecule has 0 rings (SSSR count). The predicted octanol–water partition coefficient (Wildman–Crippen LogP) is -5.35. The molecule has 123 valence electrons. The van der Waals surface area contributed by atoms with E-state index in [9.17, 15) is 0 Å². The molecule has 0 unspecified atom stereocenters. The van der Waals surface area contributed by atoms with Gasteiger partial charge in [-0.2, -0.15) is 0 Å². The van der Waals surface area contributed by atoms with Gasteiger partial charge in [0.05, 0.1) is 0 Å². The largest absolute Gasteiger partial charge is 3.00 e. The first-order chi connectivity index (χ1) is 0. The second-order valence-corrected chi connectivity index (χ2v) is 0. The zero-order chi connectivity index (χ0) is 0. The van der Waals surface area contributed by atoms with Crippen molar-refractivity contribution in [3.63, 3.8) is 0 Å². The predicted molar refractivity (Wildman–Crippen MR) is 110 cm³/mol. The molecule has 21 heteroatoms. The Kier molecular flexibility index (Phi) is 2520. The van der Waals surface area contributed by atoms with Gasteiger partial charge in [-0.3, -0.25) is 0 Å². The molecule has 21 heavy (non-hydrogen) atoms. The molecule has 0 spiro atoms. The van der Waals surface area contributed by atoms with Gasteiger partial charge in [0.1, 0.15) is 0 Å². The zero-order valence-corrected chi connectivity index (χ0v) is 46.2. The first kappa shape index (κ1) is 241. The van der Waals surface area contributed by atoms with E-state index in [1.54, 1.807) is 0 Å². The maximum atomic E-state index is 0. The summed E-state index contributed by atoms with van der Waals surface area (Å²) in [6, 6.07) is 0. The minimum absolute atomic E-state index is 0. The van der Waals surface area contributed by atoms with Crippen LogP contribution in [-0.4, -0.2) is 273 Å². The van der Waals surface area contributed by atoms with E-state index >= 15 is 0 Å². The fourth-order valence-corrected chi connectivity index (χ4v) is 0. The van der Waals surface area contributed by atoms with E-state index in [1.807, 2.05) is 0 Å². The summed E-state index contributed by atoms with van der Waals surface area (Å²) in [7, 11) is 0. The van der Waals surface area contributed by atoms with Crippen molar-refractivity contribution in [2.24, 2.45) is 0 Å². The average Bonchev–Trinajstić information content (AvgIpc) is 0. The van der Waals surface area contributed by atoms with Gasteiger partial charge in [-0.1, -0.05) is 0 Å². The normalized spacial score (nSPS) is 0. The molecule has 0 saturated carbocycles. The topological polar surface area (TPSA) is 0 Å². The quantitative estimate of drug-likeness (QED) is 0.213. The van der Waals surface area contributed by atoms with E-state index < -0.39 is 0 Å². The number of rotatable bonds is 0. The standard InChI is InChI=1S/3Cu.3Ga.3In.4S.8Se/q3*+2;6*+3;12*-2. The summed E-state index contributed by atoms with van der Waals surface area (Å²) in [4.78, 5) is 0. The van der Waals surface area contributed by atoms with Gasteiger partial charge in [0.25, 0.3) is 0 Å². The molecule has 0 atom stereocenters. The molecular formula is Cu3Ga3In3S4Se8. The third-order valence-corrected chi connectivity index (χ3v) is 0. The Morgan fingerprint density at radius 2 is 0.238 bits per heavy atom. The minimum atomic E-state index is 0. The van der Waals surface area contributed by atoms with Crippen molar-refractivity contribution in [3.05, 3.63) is 0 Å². The molecule has 0 bridgehead atoms. The van der Waals surface area contributed by atoms with Crippen LogP contribution in [0.25, 0.3) is 0 Å². The second kappa shape index (κ2) is 219. The van der Waals surface area contributed by atoms with Crippen molar-refractivity contribution in [1.82, 2.24) is 0 Å². The van der Waals surface area contributed by atoms with Gasteiger partial charge in [0.15, 0.2) is 0 Å². The molecule has 0 amide bonds. The van der Waals surface area contributed by atoms with E-state index in [0.717, 1.165) is 0 Å². The molecule has 0 aromatic rings. The van der Waals surface area contributed by atoms with Gasteiger partial charge >= 0.3 is 188 Å². The van der Waals surface area contributed by atoms with Gasteiger partial charge in [-0.25, -0.2) is 0 Å². The Bertz CT molecular complexity index is 46.0. The van der Waals surface area contributed by atoms with Gasteiger partial charge in [-0.15, -0.1) is 0 Å². The van der Waals surface area contributed by atoms with Crippen LogP contribution in [0.15, 0.2) is 0 Å². The minimum Gasteiger partial charge on any atom is -2.00 e. The molecule has 0 saturated heterocycles. The van der Waals surface area contributed by atoms with Crippen LogP contribution in [0.3, 0.4) is 0 Å². The monoisotopic (exact) mass is 1510 g/mol. The molecule has 0 aliphatic carbocycles. The average molecular weight is 1500 g/mol. The fourth-order valence-electron chi connectivity index (χ4n) is 0. The van der Waals surface area contributed by atoms with E-state index in [-0.39, 0.29) is 379 Å². The summed E-state index contributed by atoms with van der Waals surface area (Å²) < 4.78 is 0. The van der Waals surface area contributed by atoms with Gasteiger partial charge in [-0.05, 0) is 0 Å². The summed E-state index contributed by atoms with van der Waals surface area (Å²) in [6.45, 7) is 0. The van der Waals surface area contributed by atoms with Crippen LogP contribution in [-0.2, 0) is 105 Å². The van der Waals surface area contributed by atoms with E-state index in [1.165, 1.54) is 0 Å². The number of hydrogen-bond acceptors (Lipinski definition) is 0. The zero-order valence-electron chi connectivity index (χ0n) is 9.27. The third-order valence-electron chi connectivity index (χ3n) is 0. The molecule has 0 aromatic heterocycles. The number of hydrogen-bond donors (Lipinski definition) is 0. The Morgan fingerprint density at radius 1 is 0.238 bits per heavy atom. The Labute approximate surface area is 369 Å². The Morgan fingerprint density at radius 3 is 0.238 bits per heavy atom. The summed E-state index contributed by atoms with van der Waals surface area (Å²) in [6.07, 6.45) is 0. The van der Waals surface area contributed by atoms with Crippen LogP contribution in [0.5, 0.6) is 0 Å². The van der Waals surface area contributed by atoms with Crippen molar-refractivity contribution in [1.29, 1.82) is 0 Å². The SMILES string of the molecule is [Cu+2].[Cu+2].[Cu+2].[Ga+3].[Ga+3].[Ga+3].[In+3].[In+3].[In+3].[S-2].[S-2].[S-2].[S-2].[Se-2].[Se-2].[Se-2].[Se-2].[Se-2].[Se-2].[Se-2].[Se-2]. The molecular weight excluding hydrogens is 1500 g/mol. The van der Waals surface area contributed by atoms with E-state index in [0.29, 0.717) is 0 Å². The van der Waals surface area contributed by atoms with Crippen molar-refractivity contribution < 1.29 is 51.2 Å². The van der Waals surface area contributed by atoms with Crippen molar-refractivity contribution in [3.8, 4) is 0 Å². The molecule has 0 aromatic carbocycles. The summed E-state index contributed by atoms with van der Waals surface area (Å²) >= 11 is 0. The maximum absolute atomic E-state index is 0. The molecule has 0 aliphatic rings. The first-order valence-corrected chi connectivity index (χ1v) is 0. The van der Waals surface area contributed by atoms with Crippen LogP contribution in [0.1, 0.15) is 0 Å². The molecule has 3 radical (unpaired) electrons. The van der Waals surface area contributed by atoms with E-state index in [4.69, 9.17) is 0 Å². The van der Waals surface area contributed by atoms with Crippen LogP contribution in [0.2, 0.25) is 0 Å². The van der Waals surface area contributed by atoms with Crippen LogP contribution < -0.4 is 0 Å². The van der Waals surface area contributed by atoms with Gasteiger partial charge in [0.2, 0.25) is 0 Å². The van der Waals surface area contributed by atoms with Crippen molar-refractivity contribution in [2.45, 2.75) is 0 Å². The van der Waals surface area contributed by atoms with Crippen molar-refractivity contribution in [2.75, 3.05) is 0 Å². The molecule has 0 N–H and O–H groups in total. The van der Waals surface area contributed by atoms with Crippen LogP contribution >= 0.6 is 0 Å². The van der Waals surface area contributed by atoms with Gasteiger partial charge in [0, 0.05) is 0 Å². The smallest absolute Gasteiger partial charge is 2.00 e. The second-order valence-electron chi connectivity index (χ2n) is 0. The summed E-state index contributed by atoms with van der Waals surface area (Å²) in [5, 5.41) is 0.